The summed E-state index contributed by atoms with van der Waals surface area (Å²) in [6, 6.07) is 13.9. The minimum Gasteiger partial charge on any atom is -0.421 e. The second-order valence-electron chi connectivity index (χ2n) is 5.36. The molecule has 0 bridgehead atoms. The minimum atomic E-state index is -0.531. The Morgan fingerprint density at radius 1 is 1.17 bits per heavy atom. The maximum absolute atomic E-state index is 13.7. The molecule has 6 heteroatoms. The van der Waals surface area contributed by atoms with E-state index in [1.165, 1.54) is 12.1 Å². The summed E-state index contributed by atoms with van der Waals surface area (Å²) < 4.78 is 19.3. The highest BCUT2D eigenvalue weighted by Crippen LogP contribution is 2.17. The van der Waals surface area contributed by atoms with Crippen LogP contribution in [-0.2, 0) is 6.42 Å². The number of halogens is 1. The predicted molar refractivity (Wildman–Crippen MR) is 86.9 cm³/mol. The molecule has 3 rings (SSSR count). The van der Waals surface area contributed by atoms with E-state index in [4.69, 9.17) is 4.42 Å². The third-order valence-corrected chi connectivity index (χ3v) is 3.48. The highest BCUT2D eigenvalue weighted by Gasteiger charge is 2.12. The summed E-state index contributed by atoms with van der Waals surface area (Å²) in [4.78, 5) is 12.0. The van der Waals surface area contributed by atoms with Crippen LogP contribution in [0.1, 0.15) is 21.8 Å². The molecule has 5 nitrogen and oxygen atoms in total. The number of amides is 1. The van der Waals surface area contributed by atoms with E-state index in [9.17, 15) is 9.18 Å². The van der Waals surface area contributed by atoms with Gasteiger partial charge in [-0.05, 0) is 36.8 Å². The molecule has 0 fully saturated rings. The fraction of sp³-hybridized carbons (Fsp3) is 0.167. The zero-order valence-corrected chi connectivity index (χ0v) is 13.1. The van der Waals surface area contributed by atoms with Crippen LogP contribution in [0.25, 0.3) is 11.5 Å². The zero-order valence-electron chi connectivity index (χ0n) is 13.1. The molecule has 1 N–H and O–H groups in total. The van der Waals surface area contributed by atoms with Crippen LogP contribution in [0.5, 0.6) is 0 Å². The molecule has 0 spiro atoms. The number of rotatable bonds is 5. The largest absolute Gasteiger partial charge is 0.421 e. The molecule has 1 amide bonds. The van der Waals surface area contributed by atoms with Crippen LogP contribution in [-0.4, -0.2) is 22.6 Å². The van der Waals surface area contributed by atoms with E-state index >= 15 is 0 Å². The van der Waals surface area contributed by atoms with Crippen molar-refractivity contribution in [1.29, 1.82) is 0 Å². The first kappa shape index (κ1) is 15.9. The third-order valence-electron chi connectivity index (χ3n) is 3.48. The molecule has 3 aromatic rings. The highest BCUT2D eigenvalue weighted by molar-refractivity contribution is 5.94. The van der Waals surface area contributed by atoms with E-state index in [0.717, 1.165) is 11.1 Å². The average molecular weight is 325 g/mol. The van der Waals surface area contributed by atoms with Gasteiger partial charge in [-0.25, -0.2) is 4.39 Å². The number of aromatic nitrogens is 2. The Hall–Kier alpha value is -3.02. The fourth-order valence-electron chi connectivity index (χ4n) is 2.23. The fourth-order valence-corrected chi connectivity index (χ4v) is 2.23. The van der Waals surface area contributed by atoms with Gasteiger partial charge in [-0.15, -0.1) is 10.2 Å². The summed E-state index contributed by atoms with van der Waals surface area (Å²) in [7, 11) is 0. The molecular weight excluding hydrogens is 309 g/mol. The number of carbonyl (C=O) groups is 1. The molecule has 0 saturated heterocycles. The summed E-state index contributed by atoms with van der Waals surface area (Å²) in [5, 5.41) is 10.6. The molecule has 0 aliphatic heterocycles. The molecule has 0 radical (unpaired) electrons. The normalized spacial score (nSPS) is 10.6. The zero-order chi connectivity index (χ0) is 16.9. The van der Waals surface area contributed by atoms with Gasteiger partial charge in [0.1, 0.15) is 5.82 Å². The van der Waals surface area contributed by atoms with Crippen LogP contribution >= 0.6 is 0 Å². The van der Waals surface area contributed by atoms with Gasteiger partial charge in [0.05, 0.1) is 5.56 Å². The Labute approximate surface area is 138 Å². The van der Waals surface area contributed by atoms with Crippen molar-refractivity contribution < 1.29 is 13.6 Å². The van der Waals surface area contributed by atoms with Gasteiger partial charge < -0.3 is 9.73 Å². The maximum Gasteiger partial charge on any atom is 0.254 e. The SMILES string of the molecule is Cc1ccc(C(=O)NCCc2nnc(-c3ccccc3)o2)c(F)c1. The van der Waals surface area contributed by atoms with E-state index in [2.05, 4.69) is 15.5 Å². The summed E-state index contributed by atoms with van der Waals surface area (Å²) >= 11 is 0. The van der Waals surface area contributed by atoms with Gasteiger partial charge in [0.2, 0.25) is 11.8 Å². The molecule has 0 unspecified atom stereocenters. The van der Waals surface area contributed by atoms with Crippen molar-refractivity contribution in [2.75, 3.05) is 6.54 Å². The Bertz CT molecular complexity index is 846. The molecule has 24 heavy (non-hydrogen) atoms. The van der Waals surface area contributed by atoms with Gasteiger partial charge in [-0.1, -0.05) is 24.3 Å². The van der Waals surface area contributed by atoms with Crippen LogP contribution in [0, 0.1) is 12.7 Å². The molecule has 1 aromatic heterocycles. The van der Waals surface area contributed by atoms with Gasteiger partial charge in [0.15, 0.2) is 0 Å². The van der Waals surface area contributed by atoms with Gasteiger partial charge in [0.25, 0.3) is 5.91 Å². The minimum absolute atomic E-state index is 0.0242. The first-order valence-electron chi connectivity index (χ1n) is 7.55. The lowest BCUT2D eigenvalue weighted by atomic mass is 10.1. The number of nitrogens with zero attached hydrogens (tertiary/aromatic N) is 2. The van der Waals surface area contributed by atoms with Crippen molar-refractivity contribution in [3.63, 3.8) is 0 Å². The van der Waals surface area contributed by atoms with E-state index in [-0.39, 0.29) is 12.1 Å². The molecule has 0 atom stereocenters. The molecular formula is C18H16FN3O2. The Kier molecular flexibility index (Phi) is 4.65. The number of aryl methyl sites for hydroxylation is 1. The Balaban J connectivity index is 1.57. The lowest BCUT2D eigenvalue weighted by Crippen LogP contribution is -2.26. The molecule has 122 valence electrons. The first-order chi connectivity index (χ1) is 11.6. The number of hydrogen-bond donors (Lipinski definition) is 1. The Morgan fingerprint density at radius 2 is 1.96 bits per heavy atom. The molecule has 1 heterocycles. The second kappa shape index (κ2) is 7.04. The third kappa shape index (κ3) is 3.65. The second-order valence-corrected chi connectivity index (χ2v) is 5.36. The van der Waals surface area contributed by atoms with Crippen molar-refractivity contribution in [2.45, 2.75) is 13.3 Å². The number of benzene rings is 2. The number of nitrogens with one attached hydrogen (secondary N) is 1. The van der Waals surface area contributed by atoms with Crippen molar-refractivity contribution in [2.24, 2.45) is 0 Å². The standard InChI is InChI=1S/C18H16FN3O2/c1-12-7-8-14(15(19)11-12)17(23)20-10-9-16-21-22-18(24-16)13-5-3-2-4-6-13/h2-8,11H,9-10H2,1H3,(H,20,23). The lowest BCUT2D eigenvalue weighted by Gasteiger charge is -2.05. The molecule has 0 aliphatic rings. The summed E-state index contributed by atoms with van der Waals surface area (Å²) in [6.07, 6.45) is 0.374. The van der Waals surface area contributed by atoms with E-state index in [1.807, 2.05) is 30.3 Å². The number of carbonyl (C=O) groups excluding carboxylic acids is 1. The van der Waals surface area contributed by atoms with Crippen LogP contribution < -0.4 is 5.32 Å². The summed E-state index contributed by atoms with van der Waals surface area (Å²) in [5.41, 5.74) is 1.63. The van der Waals surface area contributed by atoms with Gasteiger partial charge in [-0.3, -0.25) is 4.79 Å². The van der Waals surface area contributed by atoms with Crippen LogP contribution in [0.3, 0.4) is 0 Å². The quantitative estimate of drug-likeness (QED) is 0.782. The topological polar surface area (TPSA) is 68.0 Å². The molecule has 0 aliphatic carbocycles. The molecule has 2 aromatic carbocycles. The van der Waals surface area contributed by atoms with Gasteiger partial charge in [-0.2, -0.15) is 0 Å². The first-order valence-corrected chi connectivity index (χ1v) is 7.55. The molecule has 0 saturated carbocycles. The van der Waals surface area contributed by atoms with Crippen molar-refractivity contribution >= 4 is 5.91 Å². The van der Waals surface area contributed by atoms with E-state index < -0.39 is 11.7 Å². The Morgan fingerprint density at radius 3 is 2.71 bits per heavy atom. The van der Waals surface area contributed by atoms with Crippen molar-refractivity contribution in [3.8, 4) is 11.5 Å². The lowest BCUT2D eigenvalue weighted by molar-refractivity contribution is 0.0949. The van der Waals surface area contributed by atoms with Crippen LogP contribution in [0.4, 0.5) is 4.39 Å². The summed E-state index contributed by atoms with van der Waals surface area (Å²) in [5.74, 6) is -0.146. The average Bonchev–Trinajstić information content (AvgIpc) is 3.04. The monoisotopic (exact) mass is 325 g/mol. The smallest absolute Gasteiger partial charge is 0.254 e. The van der Waals surface area contributed by atoms with Crippen molar-refractivity contribution in [3.05, 3.63) is 71.4 Å². The maximum atomic E-state index is 13.7. The van der Waals surface area contributed by atoms with E-state index in [0.29, 0.717) is 18.2 Å². The van der Waals surface area contributed by atoms with Crippen LogP contribution in [0.15, 0.2) is 52.9 Å². The highest BCUT2D eigenvalue weighted by atomic mass is 19.1. The predicted octanol–water partition coefficient (Wildman–Crippen LogP) is 3.16. The van der Waals surface area contributed by atoms with Crippen LogP contribution in [0.2, 0.25) is 0 Å². The van der Waals surface area contributed by atoms with Gasteiger partial charge >= 0.3 is 0 Å². The van der Waals surface area contributed by atoms with Crippen molar-refractivity contribution in [1.82, 2.24) is 15.5 Å². The number of hydrogen-bond acceptors (Lipinski definition) is 4. The summed E-state index contributed by atoms with van der Waals surface area (Å²) in [6.45, 7) is 2.05. The van der Waals surface area contributed by atoms with E-state index in [1.54, 1.807) is 13.0 Å². The van der Waals surface area contributed by atoms with Gasteiger partial charge in [0, 0.05) is 18.5 Å².